The van der Waals surface area contributed by atoms with Crippen molar-refractivity contribution in [2.24, 2.45) is 5.16 Å². The van der Waals surface area contributed by atoms with Crippen molar-refractivity contribution in [3.8, 4) is 0 Å². The molecular weight excluding hydrogens is 438 g/mol. The molecule has 1 aliphatic rings. The molecule has 1 saturated carbocycles. The lowest BCUT2D eigenvalue weighted by atomic mass is 10.1. The second-order valence-electron chi connectivity index (χ2n) is 7.19. The molecule has 0 radical (unpaired) electrons. The van der Waals surface area contributed by atoms with E-state index in [1.807, 2.05) is 0 Å². The van der Waals surface area contributed by atoms with E-state index in [9.17, 15) is 18.0 Å². The molecule has 0 saturated heterocycles. The molecule has 1 aromatic carbocycles. The summed E-state index contributed by atoms with van der Waals surface area (Å²) in [7, 11) is -2.13. The number of nitrogens with one attached hydrogen (secondary N) is 1. The standard InChI is InChI=1S/C21H23N3O7S/c1-13(12-25)31-24-19(14-3-6-16(7-4-14)32(28,29)17-8-9-17)20(26)23-18-10-5-15(11-22-18)21(27)30-2/h3-7,10-11,13,17,25H,8-9,12H2,1-2H3,(H,22,23,26)/b24-19+/t13-/m1/s1. The Kier molecular flexibility index (Phi) is 7.21. The van der Waals surface area contributed by atoms with Gasteiger partial charge in [-0.25, -0.2) is 18.2 Å². The van der Waals surface area contributed by atoms with E-state index in [1.54, 1.807) is 6.92 Å². The third-order valence-corrected chi connectivity index (χ3v) is 6.92. The number of anilines is 1. The van der Waals surface area contributed by atoms with E-state index in [0.29, 0.717) is 18.4 Å². The Morgan fingerprint density at radius 1 is 1.19 bits per heavy atom. The van der Waals surface area contributed by atoms with E-state index in [4.69, 9.17) is 9.94 Å². The van der Waals surface area contributed by atoms with Crippen LogP contribution in [0.25, 0.3) is 0 Å². The smallest absolute Gasteiger partial charge is 0.339 e. The second-order valence-corrected chi connectivity index (χ2v) is 9.41. The Balaban J connectivity index is 1.83. The Morgan fingerprint density at radius 2 is 1.84 bits per heavy atom. The summed E-state index contributed by atoms with van der Waals surface area (Å²) < 4.78 is 29.4. The van der Waals surface area contributed by atoms with E-state index in [0.717, 1.165) is 0 Å². The van der Waals surface area contributed by atoms with Crippen LogP contribution in [0, 0.1) is 0 Å². The van der Waals surface area contributed by atoms with Gasteiger partial charge in [-0.2, -0.15) is 0 Å². The molecule has 1 aliphatic carbocycles. The molecule has 3 rings (SSSR count). The van der Waals surface area contributed by atoms with Crippen LogP contribution in [-0.4, -0.2) is 61.2 Å². The number of ether oxygens (including phenoxy) is 1. The molecule has 32 heavy (non-hydrogen) atoms. The molecule has 1 amide bonds. The summed E-state index contributed by atoms with van der Waals surface area (Å²) in [5.74, 6) is -1.09. The SMILES string of the molecule is COC(=O)c1ccc(NC(=O)/C(=N/O[C@H](C)CO)c2ccc(S(=O)(=O)C3CC3)cc2)nc1. The molecule has 170 valence electrons. The molecule has 0 unspecified atom stereocenters. The number of aromatic nitrogens is 1. The third kappa shape index (κ3) is 5.48. The number of aliphatic hydroxyl groups excluding tert-OH is 1. The van der Waals surface area contributed by atoms with Crippen molar-refractivity contribution in [1.29, 1.82) is 0 Å². The van der Waals surface area contributed by atoms with Crippen molar-refractivity contribution in [3.63, 3.8) is 0 Å². The number of carbonyl (C=O) groups excluding carboxylic acids is 2. The fourth-order valence-corrected chi connectivity index (χ4v) is 4.31. The van der Waals surface area contributed by atoms with Gasteiger partial charge in [-0.3, -0.25) is 4.79 Å². The van der Waals surface area contributed by atoms with Crippen LogP contribution in [0.4, 0.5) is 5.82 Å². The Hall–Kier alpha value is -3.31. The van der Waals surface area contributed by atoms with Crippen LogP contribution in [0.3, 0.4) is 0 Å². The first-order valence-electron chi connectivity index (χ1n) is 9.81. The molecule has 1 atom stereocenters. The highest BCUT2D eigenvalue weighted by atomic mass is 32.2. The number of pyridine rings is 1. The highest BCUT2D eigenvalue weighted by molar-refractivity contribution is 7.92. The number of methoxy groups -OCH3 is 1. The number of sulfone groups is 1. The zero-order valence-corrected chi connectivity index (χ0v) is 18.3. The van der Waals surface area contributed by atoms with Crippen LogP contribution in [0.5, 0.6) is 0 Å². The average Bonchev–Trinajstić information content (AvgIpc) is 3.65. The minimum atomic E-state index is -3.37. The van der Waals surface area contributed by atoms with Gasteiger partial charge in [0.2, 0.25) is 0 Å². The molecule has 2 aromatic rings. The quantitative estimate of drug-likeness (QED) is 0.325. The minimum Gasteiger partial charge on any atom is -0.465 e. The topological polar surface area (TPSA) is 144 Å². The lowest BCUT2D eigenvalue weighted by Crippen LogP contribution is -2.26. The minimum absolute atomic E-state index is 0.139. The van der Waals surface area contributed by atoms with Crippen molar-refractivity contribution >= 4 is 33.2 Å². The summed E-state index contributed by atoms with van der Waals surface area (Å²) in [6, 6.07) is 8.63. The van der Waals surface area contributed by atoms with Crippen molar-refractivity contribution in [1.82, 2.24) is 4.98 Å². The van der Waals surface area contributed by atoms with E-state index in [-0.39, 0.29) is 33.8 Å². The number of esters is 1. The van der Waals surface area contributed by atoms with E-state index in [2.05, 4.69) is 20.2 Å². The molecule has 11 heteroatoms. The lowest BCUT2D eigenvalue weighted by molar-refractivity contribution is -0.110. The van der Waals surface area contributed by atoms with Crippen molar-refractivity contribution in [2.45, 2.75) is 36.0 Å². The Bertz CT molecular complexity index is 1110. The summed E-state index contributed by atoms with van der Waals surface area (Å²) in [4.78, 5) is 33.7. The van der Waals surface area contributed by atoms with Gasteiger partial charge in [-0.1, -0.05) is 17.3 Å². The summed E-state index contributed by atoms with van der Waals surface area (Å²) in [5.41, 5.74) is 0.389. The van der Waals surface area contributed by atoms with Crippen molar-refractivity contribution < 1.29 is 32.7 Å². The summed E-state index contributed by atoms with van der Waals surface area (Å²) >= 11 is 0. The fourth-order valence-electron chi connectivity index (χ4n) is 2.66. The molecular formula is C21H23N3O7S. The number of hydrogen-bond donors (Lipinski definition) is 2. The predicted octanol–water partition coefficient (Wildman–Crippen LogP) is 1.54. The van der Waals surface area contributed by atoms with Crippen molar-refractivity contribution in [2.75, 3.05) is 19.0 Å². The molecule has 1 aromatic heterocycles. The van der Waals surface area contributed by atoms with Crippen LogP contribution in [0.2, 0.25) is 0 Å². The Morgan fingerprint density at radius 3 is 2.38 bits per heavy atom. The highest BCUT2D eigenvalue weighted by Gasteiger charge is 2.36. The number of rotatable bonds is 9. The number of benzene rings is 1. The normalized spacial score (nSPS) is 15.0. The van der Waals surface area contributed by atoms with Gasteiger partial charge >= 0.3 is 5.97 Å². The average molecular weight is 461 g/mol. The van der Waals surface area contributed by atoms with Gasteiger partial charge in [0.25, 0.3) is 5.91 Å². The van der Waals surface area contributed by atoms with Crippen LogP contribution in [0.15, 0.2) is 52.6 Å². The maximum atomic E-state index is 12.9. The number of carbonyl (C=O) groups is 2. The van der Waals surface area contributed by atoms with Gasteiger partial charge in [0.1, 0.15) is 11.9 Å². The van der Waals surface area contributed by atoms with Gasteiger partial charge < -0.3 is 20.0 Å². The summed E-state index contributed by atoms with van der Waals surface area (Å²) in [6.07, 6.45) is 1.88. The highest BCUT2D eigenvalue weighted by Crippen LogP contribution is 2.33. The van der Waals surface area contributed by atoms with Crippen LogP contribution in [-0.2, 0) is 24.2 Å². The molecule has 10 nitrogen and oxygen atoms in total. The fraction of sp³-hybridized carbons (Fsp3) is 0.333. The molecule has 0 aliphatic heterocycles. The third-order valence-electron chi connectivity index (χ3n) is 4.64. The van der Waals surface area contributed by atoms with Crippen molar-refractivity contribution in [3.05, 3.63) is 53.7 Å². The van der Waals surface area contributed by atoms with Gasteiger partial charge in [-0.05, 0) is 44.0 Å². The molecule has 1 fully saturated rings. The number of amides is 1. The largest absolute Gasteiger partial charge is 0.465 e. The first kappa shape index (κ1) is 23.4. The first-order chi connectivity index (χ1) is 15.3. The maximum Gasteiger partial charge on any atom is 0.339 e. The van der Waals surface area contributed by atoms with E-state index < -0.39 is 27.8 Å². The van der Waals surface area contributed by atoms with Gasteiger partial charge in [0.15, 0.2) is 15.5 Å². The maximum absolute atomic E-state index is 12.9. The second kappa shape index (κ2) is 9.88. The zero-order chi connectivity index (χ0) is 23.3. The summed E-state index contributed by atoms with van der Waals surface area (Å²) in [5, 5.41) is 15.2. The monoisotopic (exact) mass is 461 g/mol. The zero-order valence-electron chi connectivity index (χ0n) is 17.5. The molecule has 1 heterocycles. The van der Waals surface area contributed by atoms with Gasteiger partial charge in [0.05, 0.1) is 29.4 Å². The van der Waals surface area contributed by atoms with E-state index >= 15 is 0 Å². The van der Waals surface area contributed by atoms with Crippen LogP contribution >= 0.6 is 0 Å². The number of hydrogen-bond acceptors (Lipinski definition) is 9. The number of aliphatic hydroxyl groups is 1. The van der Waals surface area contributed by atoms with Crippen LogP contribution in [0.1, 0.15) is 35.7 Å². The molecule has 0 spiro atoms. The predicted molar refractivity (Wildman–Crippen MR) is 115 cm³/mol. The molecule has 2 N–H and O–H groups in total. The Labute approximate surface area is 185 Å². The number of nitrogens with zero attached hydrogens (tertiary/aromatic N) is 2. The number of oxime groups is 1. The van der Waals surface area contributed by atoms with Gasteiger partial charge in [-0.15, -0.1) is 0 Å². The first-order valence-corrected chi connectivity index (χ1v) is 11.4. The summed E-state index contributed by atoms with van der Waals surface area (Å²) in [6.45, 7) is 1.25. The van der Waals surface area contributed by atoms with E-state index in [1.165, 1.54) is 49.7 Å². The van der Waals surface area contributed by atoms with Crippen LogP contribution < -0.4 is 5.32 Å². The lowest BCUT2D eigenvalue weighted by Gasteiger charge is -2.11. The van der Waals surface area contributed by atoms with Gasteiger partial charge in [0, 0.05) is 11.8 Å². The molecule has 0 bridgehead atoms.